The predicted molar refractivity (Wildman–Crippen MR) is 124 cm³/mol. The third-order valence-corrected chi connectivity index (χ3v) is 6.45. The van der Waals surface area contributed by atoms with Crippen molar-refractivity contribution in [3.05, 3.63) is 76.4 Å². The van der Waals surface area contributed by atoms with E-state index in [4.69, 9.17) is 15.2 Å². The van der Waals surface area contributed by atoms with Crippen LogP contribution in [-0.4, -0.2) is 27.3 Å². The van der Waals surface area contributed by atoms with Crippen molar-refractivity contribution in [1.29, 1.82) is 5.26 Å². The maximum absolute atomic E-state index is 15.4. The standard InChI is InChI=1S/C25H19FN6O3/c1-31-9-14(8-29-31)32(22-12-35-23-4-13(7-27)2-3-15(22)23)25(33)17-5-16-18-10-34-11-19(18)24(28)30-21(16)6-20(17)26/h2-6,8-9,22H,10-12H2,1H3,(H2,28,30). The first kappa shape index (κ1) is 21.1. The smallest absolute Gasteiger partial charge is 0.262 e. The Labute approximate surface area is 199 Å². The zero-order chi connectivity index (χ0) is 24.3. The molecule has 174 valence electrons. The number of nitriles is 1. The summed E-state index contributed by atoms with van der Waals surface area (Å²) in [5.74, 6) is -0.435. The molecule has 0 spiro atoms. The third-order valence-electron chi connectivity index (χ3n) is 6.45. The van der Waals surface area contributed by atoms with Crippen LogP contribution in [0.4, 0.5) is 15.9 Å². The van der Waals surface area contributed by atoms with Crippen molar-refractivity contribution in [2.75, 3.05) is 17.2 Å². The van der Waals surface area contributed by atoms with Crippen LogP contribution >= 0.6 is 0 Å². The molecule has 2 aliphatic rings. The number of benzene rings is 2. The number of aromatic nitrogens is 3. The molecule has 2 aromatic heterocycles. The highest BCUT2D eigenvalue weighted by atomic mass is 19.1. The van der Waals surface area contributed by atoms with Crippen LogP contribution in [0.1, 0.15) is 38.7 Å². The first-order valence-corrected chi connectivity index (χ1v) is 10.9. The molecule has 2 aliphatic heterocycles. The molecule has 2 aromatic carbocycles. The summed E-state index contributed by atoms with van der Waals surface area (Å²) >= 11 is 0. The summed E-state index contributed by atoms with van der Waals surface area (Å²) < 4.78 is 28.3. The Bertz CT molecular complexity index is 1570. The topological polar surface area (TPSA) is 119 Å². The van der Waals surface area contributed by atoms with E-state index < -0.39 is 17.8 Å². The van der Waals surface area contributed by atoms with Crippen molar-refractivity contribution in [2.24, 2.45) is 7.05 Å². The maximum atomic E-state index is 15.4. The zero-order valence-electron chi connectivity index (χ0n) is 18.7. The van der Waals surface area contributed by atoms with Gasteiger partial charge in [-0.2, -0.15) is 10.4 Å². The molecule has 0 saturated heterocycles. The molecule has 1 atom stereocenters. The second-order valence-corrected chi connectivity index (χ2v) is 8.53. The van der Waals surface area contributed by atoms with E-state index in [0.29, 0.717) is 46.9 Å². The number of hydrogen-bond donors (Lipinski definition) is 1. The van der Waals surface area contributed by atoms with Gasteiger partial charge in [-0.15, -0.1) is 0 Å². The summed E-state index contributed by atoms with van der Waals surface area (Å²) in [5.41, 5.74) is 9.54. The van der Waals surface area contributed by atoms with E-state index in [1.54, 1.807) is 42.3 Å². The number of nitrogens with two attached hydrogens (primary N) is 1. The Morgan fingerprint density at radius 2 is 2.11 bits per heavy atom. The molecule has 0 saturated carbocycles. The highest BCUT2D eigenvalue weighted by Crippen LogP contribution is 2.40. The number of aryl methyl sites for hydroxylation is 1. The normalized spacial score (nSPS) is 16.0. The van der Waals surface area contributed by atoms with Crippen LogP contribution in [0.5, 0.6) is 5.75 Å². The molecule has 10 heteroatoms. The number of carbonyl (C=O) groups is 1. The van der Waals surface area contributed by atoms with Crippen LogP contribution in [-0.2, 0) is 25.0 Å². The van der Waals surface area contributed by atoms with Crippen LogP contribution in [0, 0.1) is 17.1 Å². The molecule has 0 bridgehead atoms. The van der Waals surface area contributed by atoms with Crippen LogP contribution in [0.3, 0.4) is 0 Å². The van der Waals surface area contributed by atoms with Gasteiger partial charge in [0.15, 0.2) is 0 Å². The lowest BCUT2D eigenvalue weighted by molar-refractivity contribution is 0.0968. The van der Waals surface area contributed by atoms with Gasteiger partial charge in [0.2, 0.25) is 0 Å². The van der Waals surface area contributed by atoms with Crippen LogP contribution in [0.2, 0.25) is 0 Å². The molecule has 4 heterocycles. The van der Waals surface area contributed by atoms with Crippen molar-refractivity contribution in [3.8, 4) is 11.8 Å². The minimum atomic E-state index is -0.707. The Balaban J connectivity index is 1.49. The summed E-state index contributed by atoms with van der Waals surface area (Å²) in [4.78, 5) is 19.8. The van der Waals surface area contributed by atoms with Gasteiger partial charge in [0.05, 0.1) is 53.9 Å². The van der Waals surface area contributed by atoms with Crippen LogP contribution in [0.15, 0.2) is 42.7 Å². The van der Waals surface area contributed by atoms with Crippen molar-refractivity contribution >= 4 is 28.3 Å². The number of amides is 1. The molecular weight excluding hydrogens is 451 g/mol. The number of nitrogen functional groups attached to an aromatic ring is 1. The van der Waals surface area contributed by atoms with Gasteiger partial charge >= 0.3 is 0 Å². The molecule has 2 N–H and O–H groups in total. The van der Waals surface area contributed by atoms with Gasteiger partial charge < -0.3 is 15.2 Å². The van der Waals surface area contributed by atoms with E-state index in [0.717, 1.165) is 16.7 Å². The Hall–Kier alpha value is -4.49. The largest absolute Gasteiger partial charge is 0.491 e. The molecule has 35 heavy (non-hydrogen) atoms. The number of hydrogen-bond acceptors (Lipinski definition) is 7. The third kappa shape index (κ3) is 3.28. The second kappa shape index (κ2) is 7.78. The van der Waals surface area contributed by atoms with Crippen LogP contribution < -0.4 is 15.4 Å². The van der Waals surface area contributed by atoms with Crippen LogP contribution in [0.25, 0.3) is 10.9 Å². The molecule has 1 unspecified atom stereocenters. The fraction of sp³-hybridized carbons (Fsp3) is 0.200. The molecule has 1 amide bonds. The lowest BCUT2D eigenvalue weighted by Gasteiger charge is -2.27. The molecule has 0 aliphatic carbocycles. The molecular formula is C25H19FN6O3. The lowest BCUT2D eigenvalue weighted by atomic mass is 10.00. The Kier molecular flexibility index (Phi) is 4.69. The van der Waals surface area contributed by atoms with E-state index in [1.165, 1.54) is 17.0 Å². The predicted octanol–water partition coefficient (Wildman–Crippen LogP) is 3.37. The summed E-state index contributed by atoms with van der Waals surface area (Å²) in [6, 6.07) is 9.36. The maximum Gasteiger partial charge on any atom is 0.262 e. The average Bonchev–Trinajstić information content (AvgIpc) is 3.59. The number of nitrogens with zero attached hydrogens (tertiary/aromatic N) is 5. The van der Waals surface area contributed by atoms with Gasteiger partial charge in [0.25, 0.3) is 5.91 Å². The summed E-state index contributed by atoms with van der Waals surface area (Å²) in [6.45, 7) is 0.796. The fourth-order valence-electron chi connectivity index (χ4n) is 4.73. The van der Waals surface area contributed by atoms with E-state index in [2.05, 4.69) is 16.2 Å². The van der Waals surface area contributed by atoms with Gasteiger partial charge in [-0.3, -0.25) is 14.4 Å². The quantitative estimate of drug-likeness (QED) is 0.487. The van der Waals surface area contributed by atoms with Crippen molar-refractivity contribution < 1.29 is 18.7 Å². The number of ether oxygens (including phenoxy) is 2. The van der Waals surface area contributed by atoms with Gasteiger partial charge in [-0.1, -0.05) is 6.07 Å². The van der Waals surface area contributed by atoms with Crippen molar-refractivity contribution in [1.82, 2.24) is 14.8 Å². The number of fused-ring (bicyclic) bond motifs is 4. The van der Waals surface area contributed by atoms with E-state index in [1.807, 2.05) is 0 Å². The van der Waals surface area contributed by atoms with E-state index in [-0.39, 0.29) is 12.2 Å². The highest BCUT2D eigenvalue weighted by Gasteiger charge is 2.36. The van der Waals surface area contributed by atoms with E-state index in [9.17, 15) is 10.1 Å². The Morgan fingerprint density at radius 3 is 2.89 bits per heavy atom. The number of carbonyl (C=O) groups excluding carboxylic acids is 1. The minimum absolute atomic E-state index is 0.107. The Morgan fingerprint density at radius 1 is 1.29 bits per heavy atom. The number of anilines is 2. The SMILES string of the molecule is Cn1cc(N(C(=O)c2cc3c4c(c(N)nc3cc2F)COC4)C2COc3cc(C#N)ccc32)cn1. The first-order valence-electron chi connectivity index (χ1n) is 10.9. The summed E-state index contributed by atoms with van der Waals surface area (Å²) in [7, 11) is 1.74. The second-order valence-electron chi connectivity index (χ2n) is 8.53. The molecule has 6 rings (SSSR count). The fourth-order valence-corrected chi connectivity index (χ4v) is 4.73. The van der Waals surface area contributed by atoms with Gasteiger partial charge in [-0.05, 0) is 23.8 Å². The van der Waals surface area contributed by atoms with Gasteiger partial charge in [-0.25, -0.2) is 9.37 Å². The molecule has 0 fully saturated rings. The lowest BCUT2D eigenvalue weighted by Crippen LogP contribution is -2.36. The number of halogens is 1. The van der Waals surface area contributed by atoms with Crippen molar-refractivity contribution in [2.45, 2.75) is 19.3 Å². The highest BCUT2D eigenvalue weighted by molar-refractivity contribution is 6.09. The van der Waals surface area contributed by atoms with Gasteiger partial charge in [0.1, 0.15) is 24.0 Å². The zero-order valence-corrected chi connectivity index (χ0v) is 18.7. The molecule has 0 radical (unpaired) electrons. The summed E-state index contributed by atoms with van der Waals surface area (Å²) in [6.07, 6.45) is 3.23. The molecule has 4 aromatic rings. The first-order chi connectivity index (χ1) is 16.9. The van der Waals surface area contributed by atoms with E-state index >= 15 is 4.39 Å². The minimum Gasteiger partial charge on any atom is -0.491 e. The monoisotopic (exact) mass is 470 g/mol. The molecule has 9 nitrogen and oxygen atoms in total. The average molecular weight is 470 g/mol. The van der Waals surface area contributed by atoms with Gasteiger partial charge in [0, 0.05) is 35.8 Å². The summed E-state index contributed by atoms with van der Waals surface area (Å²) in [5, 5.41) is 14.0. The number of rotatable bonds is 3. The number of pyridine rings is 1. The van der Waals surface area contributed by atoms with Crippen molar-refractivity contribution in [3.63, 3.8) is 0 Å².